The molecule has 0 aliphatic heterocycles. The Kier molecular flexibility index (Phi) is 5.91. The number of amides is 1. The molecule has 0 atom stereocenters. The predicted octanol–water partition coefficient (Wildman–Crippen LogP) is 2.70. The van der Waals surface area contributed by atoms with Gasteiger partial charge in [0, 0.05) is 24.3 Å². The summed E-state index contributed by atoms with van der Waals surface area (Å²) in [5, 5.41) is 6.49. The van der Waals surface area contributed by atoms with Crippen LogP contribution in [0.25, 0.3) is 0 Å². The summed E-state index contributed by atoms with van der Waals surface area (Å²) in [4.78, 5) is 20.1. The van der Waals surface area contributed by atoms with E-state index < -0.39 is 0 Å². The van der Waals surface area contributed by atoms with Crippen molar-refractivity contribution in [3.05, 3.63) is 65.5 Å². The van der Waals surface area contributed by atoms with Crippen molar-refractivity contribution in [2.75, 3.05) is 18.4 Å². The van der Waals surface area contributed by atoms with E-state index in [9.17, 15) is 4.79 Å². The number of carbonyl (C=O) groups excluding carboxylic acids is 1. The lowest BCUT2D eigenvalue weighted by Crippen LogP contribution is -2.24. The van der Waals surface area contributed by atoms with Crippen molar-refractivity contribution in [2.24, 2.45) is 0 Å². The van der Waals surface area contributed by atoms with Crippen molar-refractivity contribution in [2.45, 2.75) is 6.42 Å². The molecule has 0 saturated carbocycles. The van der Waals surface area contributed by atoms with Crippen LogP contribution in [0.4, 0.5) is 5.95 Å². The zero-order chi connectivity index (χ0) is 15.8. The Labute approximate surface area is 134 Å². The highest BCUT2D eigenvalue weighted by molar-refractivity contribution is 6.30. The maximum Gasteiger partial charge on any atom is 0.270 e. The van der Waals surface area contributed by atoms with Crippen LogP contribution in [0.1, 0.15) is 16.1 Å². The fraction of sp³-hybridized carbons (Fsp3) is 0.188. The molecule has 2 aromatic rings. The minimum atomic E-state index is -0.250. The number of hydrogen-bond donors (Lipinski definition) is 2. The first-order chi connectivity index (χ1) is 10.7. The quantitative estimate of drug-likeness (QED) is 0.771. The minimum Gasteiger partial charge on any atom is -0.354 e. The smallest absolute Gasteiger partial charge is 0.270 e. The first-order valence-corrected chi connectivity index (χ1v) is 7.27. The first-order valence-electron chi connectivity index (χ1n) is 6.89. The molecule has 0 radical (unpaired) electrons. The molecule has 2 N–H and O–H groups in total. The van der Waals surface area contributed by atoms with Crippen LogP contribution in [0.3, 0.4) is 0 Å². The summed E-state index contributed by atoms with van der Waals surface area (Å²) in [5.74, 6) is 0.175. The van der Waals surface area contributed by atoms with Crippen molar-refractivity contribution < 1.29 is 4.79 Å². The number of aromatic nitrogens is 2. The van der Waals surface area contributed by atoms with Gasteiger partial charge < -0.3 is 10.6 Å². The largest absolute Gasteiger partial charge is 0.354 e. The molecule has 22 heavy (non-hydrogen) atoms. The van der Waals surface area contributed by atoms with E-state index in [1.807, 2.05) is 24.3 Å². The van der Waals surface area contributed by atoms with Crippen LogP contribution in [0.15, 0.2) is 49.2 Å². The van der Waals surface area contributed by atoms with Crippen molar-refractivity contribution in [1.29, 1.82) is 0 Å². The second kappa shape index (κ2) is 8.14. The summed E-state index contributed by atoms with van der Waals surface area (Å²) >= 11 is 5.94. The highest BCUT2D eigenvalue weighted by Crippen LogP contribution is 2.11. The second-order valence-electron chi connectivity index (χ2n) is 4.57. The highest BCUT2D eigenvalue weighted by Gasteiger charge is 2.07. The number of hydrogen-bond acceptors (Lipinski definition) is 4. The monoisotopic (exact) mass is 316 g/mol. The first kappa shape index (κ1) is 16.0. The number of nitrogens with one attached hydrogen (secondary N) is 2. The number of rotatable bonds is 7. The van der Waals surface area contributed by atoms with Crippen molar-refractivity contribution >= 4 is 23.5 Å². The molecule has 0 saturated heterocycles. The Balaban J connectivity index is 1.90. The number of nitrogens with zero attached hydrogens (tertiary/aromatic N) is 2. The number of carbonyl (C=O) groups is 1. The maximum atomic E-state index is 11.8. The van der Waals surface area contributed by atoms with E-state index in [1.165, 1.54) is 0 Å². The molecule has 1 heterocycles. The molecule has 5 nitrogen and oxygen atoms in total. The summed E-state index contributed by atoms with van der Waals surface area (Å²) in [6.45, 7) is 4.60. The van der Waals surface area contributed by atoms with Gasteiger partial charge in [-0.25, -0.2) is 9.97 Å². The molecular formula is C16H17ClN4O. The molecule has 114 valence electrons. The van der Waals surface area contributed by atoms with E-state index in [0.717, 1.165) is 17.0 Å². The summed E-state index contributed by atoms with van der Waals surface area (Å²) in [7, 11) is 0. The normalized spacial score (nSPS) is 10.0. The van der Waals surface area contributed by atoms with Crippen molar-refractivity contribution in [3.8, 4) is 0 Å². The van der Waals surface area contributed by atoms with Gasteiger partial charge in [-0.2, -0.15) is 0 Å². The van der Waals surface area contributed by atoms with Gasteiger partial charge in [-0.05, 0) is 30.2 Å². The van der Waals surface area contributed by atoms with E-state index in [2.05, 4.69) is 27.2 Å². The number of benzene rings is 1. The van der Waals surface area contributed by atoms with E-state index >= 15 is 0 Å². The number of halogens is 1. The van der Waals surface area contributed by atoms with E-state index in [1.54, 1.807) is 18.3 Å². The number of anilines is 1. The molecule has 0 bridgehead atoms. The van der Waals surface area contributed by atoms with Gasteiger partial charge in [-0.3, -0.25) is 4.79 Å². The SMILES string of the molecule is C=CCNC(=O)c1ccnc(NCCc2cccc(Cl)c2)n1. The molecule has 6 heteroatoms. The summed E-state index contributed by atoms with van der Waals surface area (Å²) < 4.78 is 0. The molecular weight excluding hydrogens is 300 g/mol. The molecule has 1 aromatic carbocycles. The average Bonchev–Trinajstić information content (AvgIpc) is 2.53. The lowest BCUT2D eigenvalue weighted by molar-refractivity contribution is 0.0953. The summed E-state index contributed by atoms with van der Waals surface area (Å²) in [6, 6.07) is 9.25. The standard InChI is InChI=1S/C16H17ClN4O/c1-2-8-18-15(22)14-7-10-20-16(21-14)19-9-6-12-4-3-5-13(17)11-12/h2-5,7,10-11H,1,6,8-9H2,(H,18,22)(H,19,20,21). The fourth-order valence-electron chi connectivity index (χ4n) is 1.84. The van der Waals surface area contributed by atoms with E-state index in [-0.39, 0.29) is 5.91 Å². The highest BCUT2D eigenvalue weighted by atomic mass is 35.5. The third kappa shape index (κ3) is 4.86. The van der Waals surface area contributed by atoms with Gasteiger partial charge in [-0.15, -0.1) is 6.58 Å². The zero-order valence-electron chi connectivity index (χ0n) is 12.1. The van der Waals surface area contributed by atoms with Crippen molar-refractivity contribution in [3.63, 3.8) is 0 Å². The van der Waals surface area contributed by atoms with Crippen LogP contribution in [0.2, 0.25) is 5.02 Å². The van der Waals surface area contributed by atoms with Crippen LogP contribution in [-0.2, 0) is 6.42 Å². The molecule has 1 amide bonds. The predicted molar refractivity (Wildman–Crippen MR) is 88.2 cm³/mol. The van der Waals surface area contributed by atoms with Gasteiger partial charge in [0.1, 0.15) is 5.69 Å². The molecule has 1 aromatic heterocycles. The lowest BCUT2D eigenvalue weighted by atomic mass is 10.1. The Hall–Kier alpha value is -2.40. The molecule has 0 aliphatic carbocycles. The van der Waals surface area contributed by atoms with E-state index in [4.69, 9.17) is 11.6 Å². The van der Waals surface area contributed by atoms with Crippen LogP contribution >= 0.6 is 11.6 Å². The molecule has 0 unspecified atom stereocenters. The van der Waals surface area contributed by atoms with Crippen LogP contribution < -0.4 is 10.6 Å². The fourth-order valence-corrected chi connectivity index (χ4v) is 2.05. The second-order valence-corrected chi connectivity index (χ2v) is 5.01. The molecule has 0 spiro atoms. The van der Waals surface area contributed by atoms with Gasteiger partial charge in [0.05, 0.1) is 0 Å². The molecule has 0 fully saturated rings. The topological polar surface area (TPSA) is 66.9 Å². The van der Waals surface area contributed by atoms with E-state index in [0.29, 0.717) is 24.7 Å². The zero-order valence-corrected chi connectivity index (χ0v) is 12.8. The third-order valence-electron chi connectivity index (χ3n) is 2.88. The third-order valence-corrected chi connectivity index (χ3v) is 3.12. The van der Waals surface area contributed by atoms with Gasteiger partial charge >= 0.3 is 0 Å². The average molecular weight is 317 g/mol. The van der Waals surface area contributed by atoms with Crippen LogP contribution in [-0.4, -0.2) is 29.0 Å². The van der Waals surface area contributed by atoms with Crippen LogP contribution in [0.5, 0.6) is 0 Å². The van der Waals surface area contributed by atoms with Gasteiger partial charge in [0.15, 0.2) is 0 Å². The van der Waals surface area contributed by atoms with Gasteiger partial charge in [-0.1, -0.05) is 29.8 Å². The van der Waals surface area contributed by atoms with Gasteiger partial charge in [0.2, 0.25) is 5.95 Å². The Morgan fingerprint density at radius 3 is 3.00 bits per heavy atom. The molecule has 0 aliphatic rings. The molecule has 2 rings (SSSR count). The summed E-state index contributed by atoms with van der Waals surface area (Å²) in [6.07, 6.45) is 3.96. The Morgan fingerprint density at radius 2 is 2.23 bits per heavy atom. The Bertz CT molecular complexity index is 660. The van der Waals surface area contributed by atoms with Gasteiger partial charge in [0.25, 0.3) is 5.91 Å². The summed E-state index contributed by atoms with van der Waals surface area (Å²) in [5.41, 5.74) is 1.45. The van der Waals surface area contributed by atoms with Crippen LogP contribution in [0, 0.1) is 0 Å². The van der Waals surface area contributed by atoms with Crippen molar-refractivity contribution in [1.82, 2.24) is 15.3 Å². The lowest BCUT2D eigenvalue weighted by Gasteiger charge is -2.07. The maximum absolute atomic E-state index is 11.8. The minimum absolute atomic E-state index is 0.250. The Morgan fingerprint density at radius 1 is 1.36 bits per heavy atom.